The molecule has 2 aromatic carbocycles. The van der Waals surface area contributed by atoms with E-state index in [0.717, 1.165) is 17.0 Å². The van der Waals surface area contributed by atoms with Crippen molar-refractivity contribution in [1.29, 1.82) is 0 Å². The van der Waals surface area contributed by atoms with Crippen LogP contribution in [0.1, 0.15) is 41.4 Å². The quantitative estimate of drug-likeness (QED) is 0.599. The van der Waals surface area contributed by atoms with Gasteiger partial charge in [0.05, 0.1) is 19.5 Å². The number of benzene rings is 2. The van der Waals surface area contributed by atoms with E-state index in [1.807, 2.05) is 42.5 Å². The molecule has 0 fully saturated rings. The molecule has 3 rings (SSSR count). The molecular weight excluding hydrogens is 364 g/mol. The van der Waals surface area contributed by atoms with Crippen molar-refractivity contribution in [3.63, 3.8) is 0 Å². The van der Waals surface area contributed by atoms with E-state index >= 15 is 0 Å². The molecule has 0 aliphatic rings. The normalized spacial score (nSPS) is 10.6. The third kappa shape index (κ3) is 5.31. The summed E-state index contributed by atoms with van der Waals surface area (Å²) in [4.78, 5) is 20.9. The second-order valence-electron chi connectivity index (χ2n) is 6.97. The molecule has 0 bridgehead atoms. The fourth-order valence-corrected chi connectivity index (χ4v) is 3.07. The number of methoxy groups -OCH3 is 1. The van der Waals surface area contributed by atoms with Crippen LogP contribution in [0, 0.1) is 0 Å². The average molecular weight is 390 g/mol. The van der Waals surface area contributed by atoms with Gasteiger partial charge in [-0.15, -0.1) is 0 Å². The van der Waals surface area contributed by atoms with Crippen LogP contribution < -0.4 is 15.4 Å². The Morgan fingerprint density at radius 1 is 1.03 bits per heavy atom. The monoisotopic (exact) mass is 390 g/mol. The number of nitrogens with zero attached hydrogens (tertiary/aromatic N) is 2. The van der Waals surface area contributed by atoms with Gasteiger partial charge in [0.2, 0.25) is 0 Å². The molecule has 6 nitrogen and oxygen atoms in total. The third-order valence-corrected chi connectivity index (χ3v) is 4.60. The molecular formula is C23H26N4O2. The number of anilines is 2. The second-order valence-corrected chi connectivity index (χ2v) is 6.97. The van der Waals surface area contributed by atoms with Gasteiger partial charge in [0, 0.05) is 12.2 Å². The number of carbonyl (C=O) groups excluding carboxylic acids is 1. The first-order valence-corrected chi connectivity index (χ1v) is 9.66. The molecule has 150 valence electrons. The van der Waals surface area contributed by atoms with Crippen molar-refractivity contribution in [1.82, 2.24) is 15.3 Å². The van der Waals surface area contributed by atoms with Gasteiger partial charge >= 0.3 is 0 Å². The highest BCUT2D eigenvalue weighted by molar-refractivity contribution is 5.92. The third-order valence-electron chi connectivity index (χ3n) is 4.60. The van der Waals surface area contributed by atoms with Crippen molar-refractivity contribution in [2.45, 2.75) is 26.2 Å². The van der Waals surface area contributed by atoms with Crippen molar-refractivity contribution < 1.29 is 9.53 Å². The van der Waals surface area contributed by atoms with Crippen LogP contribution in [0.5, 0.6) is 5.75 Å². The van der Waals surface area contributed by atoms with E-state index in [0.29, 0.717) is 24.7 Å². The number of carbonyl (C=O) groups is 1. The van der Waals surface area contributed by atoms with Gasteiger partial charge in [0.15, 0.2) is 0 Å². The van der Waals surface area contributed by atoms with Gasteiger partial charge in [0.25, 0.3) is 5.91 Å². The fraction of sp³-hybridized carbons (Fsp3) is 0.261. The van der Waals surface area contributed by atoms with E-state index in [2.05, 4.69) is 40.5 Å². The Bertz CT molecular complexity index is 955. The topological polar surface area (TPSA) is 76.1 Å². The van der Waals surface area contributed by atoms with E-state index in [1.165, 1.54) is 11.8 Å². The number of nitrogens with one attached hydrogen (secondary N) is 2. The van der Waals surface area contributed by atoms with Gasteiger partial charge in [-0.25, -0.2) is 9.97 Å². The van der Waals surface area contributed by atoms with Gasteiger partial charge in [-0.3, -0.25) is 4.79 Å². The first-order chi connectivity index (χ1) is 14.1. The smallest absolute Gasteiger partial charge is 0.271 e. The van der Waals surface area contributed by atoms with Gasteiger partial charge in [-0.1, -0.05) is 50.2 Å². The molecule has 1 amide bonds. The van der Waals surface area contributed by atoms with Crippen LogP contribution in [0.15, 0.2) is 60.9 Å². The van der Waals surface area contributed by atoms with Crippen LogP contribution in [0.4, 0.5) is 11.5 Å². The zero-order valence-corrected chi connectivity index (χ0v) is 17.0. The van der Waals surface area contributed by atoms with E-state index in [1.54, 1.807) is 13.3 Å². The summed E-state index contributed by atoms with van der Waals surface area (Å²) >= 11 is 0. The van der Waals surface area contributed by atoms with Crippen molar-refractivity contribution in [2.75, 3.05) is 19.0 Å². The highest BCUT2D eigenvalue weighted by atomic mass is 16.5. The van der Waals surface area contributed by atoms with E-state index in [9.17, 15) is 4.79 Å². The van der Waals surface area contributed by atoms with Crippen molar-refractivity contribution in [2.24, 2.45) is 0 Å². The van der Waals surface area contributed by atoms with E-state index in [-0.39, 0.29) is 11.6 Å². The van der Waals surface area contributed by atoms with Gasteiger partial charge in [-0.05, 0) is 35.6 Å². The maximum absolute atomic E-state index is 12.3. The molecule has 0 saturated heterocycles. The highest BCUT2D eigenvalue weighted by Crippen LogP contribution is 2.25. The number of hydrogen-bond donors (Lipinski definition) is 2. The Balaban J connectivity index is 1.58. The first-order valence-electron chi connectivity index (χ1n) is 9.66. The Kier molecular flexibility index (Phi) is 6.79. The Morgan fingerprint density at radius 2 is 1.79 bits per heavy atom. The predicted octanol–water partition coefficient (Wildman–Crippen LogP) is 4.32. The molecule has 1 aromatic heterocycles. The van der Waals surface area contributed by atoms with Crippen LogP contribution in [0.3, 0.4) is 0 Å². The van der Waals surface area contributed by atoms with Crippen LogP contribution >= 0.6 is 0 Å². The molecule has 0 radical (unpaired) electrons. The Hall–Kier alpha value is -3.41. The number of amides is 1. The minimum atomic E-state index is -0.249. The molecule has 0 aliphatic heterocycles. The van der Waals surface area contributed by atoms with Gasteiger partial charge < -0.3 is 15.4 Å². The summed E-state index contributed by atoms with van der Waals surface area (Å²) in [6, 6.07) is 15.9. The molecule has 0 saturated carbocycles. The Morgan fingerprint density at radius 3 is 2.52 bits per heavy atom. The summed E-state index contributed by atoms with van der Waals surface area (Å²) in [7, 11) is 1.64. The summed E-state index contributed by atoms with van der Waals surface area (Å²) in [5.41, 5.74) is 3.52. The number of aromatic nitrogens is 2. The predicted molar refractivity (Wildman–Crippen MR) is 115 cm³/mol. The fourth-order valence-electron chi connectivity index (χ4n) is 3.07. The minimum absolute atomic E-state index is 0.249. The standard InChI is InChI=1S/C23H26N4O2/c1-16(2)18-9-5-6-10-19(18)27-22-15-25-20(14-26-22)23(28)24-13-12-17-8-4-7-11-21(17)29-3/h4-11,14-16H,12-13H2,1-3H3,(H,24,28)(H,26,27). The molecule has 0 aliphatic carbocycles. The number of hydrogen-bond acceptors (Lipinski definition) is 5. The number of ether oxygens (including phenoxy) is 1. The summed E-state index contributed by atoms with van der Waals surface area (Å²) in [6.07, 6.45) is 3.74. The van der Waals surface area contributed by atoms with Crippen molar-refractivity contribution in [3.05, 3.63) is 77.7 Å². The van der Waals surface area contributed by atoms with Gasteiger partial charge in [0.1, 0.15) is 17.3 Å². The zero-order chi connectivity index (χ0) is 20.6. The molecule has 0 atom stereocenters. The lowest BCUT2D eigenvalue weighted by Crippen LogP contribution is -2.26. The van der Waals surface area contributed by atoms with Crippen molar-refractivity contribution in [3.8, 4) is 5.75 Å². The maximum atomic E-state index is 12.3. The van der Waals surface area contributed by atoms with Crippen LogP contribution in [0.25, 0.3) is 0 Å². The summed E-state index contributed by atoms with van der Waals surface area (Å²) in [5.74, 6) is 1.56. The van der Waals surface area contributed by atoms with E-state index < -0.39 is 0 Å². The number of rotatable bonds is 8. The lowest BCUT2D eigenvalue weighted by atomic mass is 10.0. The summed E-state index contributed by atoms with van der Waals surface area (Å²) in [6.45, 7) is 4.78. The second kappa shape index (κ2) is 9.68. The maximum Gasteiger partial charge on any atom is 0.271 e. The summed E-state index contributed by atoms with van der Waals surface area (Å²) in [5, 5.41) is 6.15. The lowest BCUT2D eigenvalue weighted by molar-refractivity contribution is 0.0948. The molecule has 0 spiro atoms. The van der Waals surface area contributed by atoms with Crippen molar-refractivity contribution >= 4 is 17.4 Å². The lowest BCUT2D eigenvalue weighted by Gasteiger charge is -2.14. The highest BCUT2D eigenvalue weighted by Gasteiger charge is 2.10. The Labute approximate surface area is 171 Å². The molecule has 0 unspecified atom stereocenters. The first kappa shape index (κ1) is 20.3. The molecule has 6 heteroatoms. The molecule has 3 aromatic rings. The largest absolute Gasteiger partial charge is 0.496 e. The van der Waals surface area contributed by atoms with Crippen LogP contribution in [-0.2, 0) is 6.42 Å². The van der Waals surface area contributed by atoms with Gasteiger partial charge in [-0.2, -0.15) is 0 Å². The summed E-state index contributed by atoms with van der Waals surface area (Å²) < 4.78 is 5.33. The minimum Gasteiger partial charge on any atom is -0.496 e. The molecule has 2 N–H and O–H groups in total. The zero-order valence-electron chi connectivity index (χ0n) is 17.0. The molecule has 1 heterocycles. The molecule has 29 heavy (non-hydrogen) atoms. The van der Waals surface area contributed by atoms with Crippen LogP contribution in [-0.4, -0.2) is 29.5 Å². The number of para-hydroxylation sites is 2. The van der Waals surface area contributed by atoms with E-state index in [4.69, 9.17) is 4.74 Å². The van der Waals surface area contributed by atoms with Crippen LogP contribution in [0.2, 0.25) is 0 Å². The SMILES string of the molecule is COc1ccccc1CCNC(=O)c1cnc(Nc2ccccc2C(C)C)cn1. The average Bonchev–Trinajstić information content (AvgIpc) is 2.74.